The lowest BCUT2D eigenvalue weighted by Crippen LogP contribution is -2.40. The zero-order valence-electron chi connectivity index (χ0n) is 19.6. The van der Waals surface area contributed by atoms with Crippen molar-refractivity contribution in [2.75, 3.05) is 18.1 Å². The molecule has 0 unspecified atom stereocenters. The lowest BCUT2D eigenvalue weighted by atomic mass is 10.1. The van der Waals surface area contributed by atoms with E-state index in [2.05, 4.69) is 0 Å². The van der Waals surface area contributed by atoms with Crippen LogP contribution in [0, 0.1) is 0 Å². The second-order valence-electron chi connectivity index (χ2n) is 8.27. The summed E-state index contributed by atoms with van der Waals surface area (Å²) in [4.78, 5) is 1.21. The van der Waals surface area contributed by atoms with Crippen LogP contribution in [-0.2, 0) is 19.3 Å². The average Bonchev–Trinajstić information content (AvgIpc) is 2.85. The van der Waals surface area contributed by atoms with Gasteiger partial charge in [0.15, 0.2) is 6.10 Å². The molecule has 12 heteroatoms. The van der Waals surface area contributed by atoms with E-state index < -0.39 is 43.6 Å². The van der Waals surface area contributed by atoms with Crippen LogP contribution in [0.15, 0.2) is 72.8 Å². The molecule has 1 N–H and O–H groups in total. The molecule has 0 aromatic heterocycles. The van der Waals surface area contributed by atoms with Gasteiger partial charge in [-0.1, -0.05) is 30.3 Å². The fraction of sp³-hybridized carbons (Fsp3) is 0.308. The molecule has 3 aromatic carbocycles. The van der Waals surface area contributed by atoms with Crippen molar-refractivity contribution in [1.82, 2.24) is 0 Å². The van der Waals surface area contributed by atoms with Crippen molar-refractivity contribution < 1.29 is 49.7 Å². The third-order valence-electron chi connectivity index (χ3n) is 5.26. The van der Waals surface area contributed by atoms with Crippen molar-refractivity contribution in [2.45, 2.75) is 38.0 Å². The van der Waals surface area contributed by atoms with Crippen molar-refractivity contribution in [3.05, 3.63) is 89.5 Å². The molecule has 0 saturated carbocycles. The van der Waals surface area contributed by atoms with Gasteiger partial charge in [0.05, 0.1) is 12.1 Å². The summed E-state index contributed by atoms with van der Waals surface area (Å²) in [5, 5.41) is 9.71. The number of nitrogens with zero attached hydrogens (tertiary/aromatic N) is 1. The summed E-state index contributed by atoms with van der Waals surface area (Å²) in [7, 11) is 0. The van der Waals surface area contributed by atoms with Gasteiger partial charge in [0.25, 0.3) is 6.43 Å². The molecule has 3 aromatic rings. The predicted molar refractivity (Wildman–Crippen MR) is 123 cm³/mol. The Morgan fingerprint density at radius 3 is 2.05 bits per heavy atom. The van der Waals surface area contributed by atoms with Crippen molar-refractivity contribution in [3.8, 4) is 11.5 Å². The van der Waals surface area contributed by atoms with Gasteiger partial charge in [-0.25, -0.2) is 8.78 Å². The monoisotopic (exact) mass is 549 g/mol. The van der Waals surface area contributed by atoms with E-state index in [1.807, 2.05) is 0 Å². The average molecular weight is 549 g/mol. The maximum absolute atomic E-state index is 13.1. The van der Waals surface area contributed by atoms with Crippen molar-refractivity contribution >= 4 is 5.69 Å². The molecule has 0 bridgehead atoms. The largest absolute Gasteiger partial charge is 0.489 e. The van der Waals surface area contributed by atoms with Crippen LogP contribution in [0.4, 0.5) is 40.8 Å². The highest BCUT2D eigenvalue weighted by Gasteiger charge is 2.39. The van der Waals surface area contributed by atoms with Crippen LogP contribution in [-0.4, -0.2) is 37.0 Å². The van der Waals surface area contributed by atoms with Gasteiger partial charge in [-0.2, -0.15) is 26.3 Å². The zero-order chi connectivity index (χ0) is 27.9. The van der Waals surface area contributed by atoms with E-state index >= 15 is 0 Å². The molecule has 4 nitrogen and oxygen atoms in total. The second kappa shape index (κ2) is 12.3. The molecule has 0 amide bonds. The number of aliphatic hydroxyl groups excluding tert-OH is 1. The van der Waals surface area contributed by atoms with Gasteiger partial charge in [-0.05, 0) is 47.5 Å². The summed E-state index contributed by atoms with van der Waals surface area (Å²) < 4.78 is 114. The number of ether oxygens (including phenoxy) is 2. The highest BCUT2D eigenvalue weighted by molar-refractivity contribution is 5.51. The van der Waals surface area contributed by atoms with Crippen molar-refractivity contribution in [2.24, 2.45) is 0 Å². The number of rotatable bonds is 11. The molecule has 0 aliphatic rings. The van der Waals surface area contributed by atoms with Gasteiger partial charge in [0.1, 0.15) is 24.7 Å². The molecule has 38 heavy (non-hydrogen) atoms. The van der Waals surface area contributed by atoms with Gasteiger partial charge >= 0.3 is 12.4 Å². The number of alkyl halides is 8. The number of hydrogen-bond acceptors (Lipinski definition) is 4. The molecule has 0 spiro atoms. The molecular weight excluding hydrogens is 526 g/mol. The number of benzene rings is 3. The molecule has 0 fully saturated rings. The fourth-order valence-electron chi connectivity index (χ4n) is 3.46. The highest BCUT2D eigenvalue weighted by Crippen LogP contribution is 2.31. The van der Waals surface area contributed by atoms with Crippen LogP contribution in [0.5, 0.6) is 11.5 Å². The minimum absolute atomic E-state index is 0.0947. The van der Waals surface area contributed by atoms with Crippen LogP contribution in [0.3, 0.4) is 0 Å². The summed E-state index contributed by atoms with van der Waals surface area (Å²) in [6.07, 6.45) is -14.8. The quantitative estimate of drug-likeness (QED) is 0.266. The minimum atomic E-state index is -4.90. The molecule has 206 valence electrons. The second-order valence-corrected chi connectivity index (χ2v) is 8.27. The standard InChI is InChI=1S/C26H23F8NO3/c27-24(28)16-38-21-8-2-4-17(11-21)13-35(14-23(36)26(32,33)34)20-7-3-9-22(12-20)37-15-18-5-1-6-19(10-18)25(29,30)31/h1-12,23-24,36H,13-16H2/t23-/m1/s1. The molecule has 1 atom stereocenters. The maximum Gasteiger partial charge on any atom is 0.416 e. The van der Waals surface area contributed by atoms with E-state index in [0.717, 1.165) is 12.1 Å². The molecule has 0 aliphatic carbocycles. The lowest BCUT2D eigenvalue weighted by molar-refractivity contribution is -0.200. The summed E-state index contributed by atoms with van der Waals surface area (Å²) >= 11 is 0. The van der Waals surface area contributed by atoms with Crippen LogP contribution in [0.25, 0.3) is 0 Å². The van der Waals surface area contributed by atoms with Crippen LogP contribution in [0.2, 0.25) is 0 Å². The van der Waals surface area contributed by atoms with Crippen LogP contribution >= 0.6 is 0 Å². The predicted octanol–water partition coefficient (Wildman–Crippen LogP) is 6.86. The van der Waals surface area contributed by atoms with Crippen molar-refractivity contribution in [1.29, 1.82) is 0 Å². The van der Waals surface area contributed by atoms with E-state index in [9.17, 15) is 40.2 Å². The SMILES string of the molecule is O[C@H](CN(Cc1cccc(OCC(F)F)c1)c1cccc(OCc2cccc(C(F)(F)F)c2)c1)C(F)(F)F. The summed E-state index contributed by atoms with van der Waals surface area (Å²) in [6.45, 7) is -2.11. The minimum Gasteiger partial charge on any atom is -0.489 e. The first kappa shape index (κ1) is 29.0. The summed E-state index contributed by atoms with van der Waals surface area (Å²) in [5.74, 6) is 0.262. The number of halogens is 8. The van der Waals surface area contributed by atoms with Crippen LogP contribution in [0.1, 0.15) is 16.7 Å². The first-order chi connectivity index (χ1) is 17.8. The Balaban J connectivity index is 1.80. The van der Waals surface area contributed by atoms with Gasteiger partial charge < -0.3 is 19.5 Å². The first-order valence-electron chi connectivity index (χ1n) is 11.2. The summed E-state index contributed by atoms with van der Waals surface area (Å²) in [5.41, 5.74) is 0.0183. The van der Waals surface area contributed by atoms with Gasteiger partial charge in [0.2, 0.25) is 0 Å². The van der Waals surface area contributed by atoms with Gasteiger partial charge in [-0.3, -0.25) is 0 Å². The fourth-order valence-corrected chi connectivity index (χ4v) is 3.46. The highest BCUT2D eigenvalue weighted by atomic mass is 19.4. The molecular formula is C26H23F8NO3. The molecule has 0 aliphatic heterocycles. The Kier molecular flexibility index (Phi) is 9.42. The van der Waals surface area contributed by atoms with Crippen molar-refractivity contribution in [3.63, 3.8) is 0 Å². The first-order valence-corrected chi connectivity index (χ1v) is 11.2. The number of aliphatic hydroxyl groups is 1. The maximum atomic E-state index is 13.1. The Labute approximate surface area is 213 Å². The van der Waals surface area contributed by atoms with Gasteiger partial charge in [0, 0.05) is 18.3 Å². The Bertz CT molecular complexity index is 1180. The number of anilines is 1. The lowest BCUT2D eigenvalue weighted by Gasteiger charge is -2.29. The van der Waals surface area contributed by atoms with E-state index in [4.69, 9.17) is 9.47 Å². The van der Waals surface area contributed by atoms with E-state index in [1.54, 1.807) is 6.07 Å². The summed E-state index contributed by atoms with van der Waals surface area (Å²) in [6, 6.07) is 16.2. The third kappa shape index (κ3) is 8.79. The van der Waals surface area contributed by atoms with Crippen LogP contribution < -0.4 is 14.4 Å². The number of hydrogen-bond donors (Lipinski definition) is 1. The molecule has 0 heterocycles. The Hall–Kier alpha value is -3.54. The third-order valence-corrected chi connectivity index (χ3v) is 5.26. The van der Waals surface area contributed by atoms with E-state index in [0.29, 0.717) is 5.56 Å². The Morgan fingerprint density at radius 1 is 0.763 bits per heavy atom. The van der Waals surface area contributed by atoms with E-state index in [1.165, 1.54) is 59.5 Å². The molecule has 0 radical (unpaired) electrons. The normalized spacial score (nSPS) is 12.9. The topological polar surface area (TPSA) is 41.9 Å². The zero-order valence-corrected chi connectivity index (χ0v) is 19.6. The smallest absolute Gasteiger partial charge is 0.416 e. The molecule has 0 saturated heterocycles. The molecule has 3 rings (SSSR count). The van der Waals surface area contributed by atoms with E-state index in [-0.39, 0.29) is 35.9 Å². The Morgan fingerprint density at radius 2 is 1.39 bits per heavy atom. The van der Waals surface area contributed by atoms with Gasteiger partial charge in [-0.15, -0.1) is 0 Å².